The standard InChI is InChI=1S/C16H12N6O/c17-15-14(16-19-10-5-1-2-6-11(10)20-16)21-12(9-18-15)22-8-4-3-7-13(22)23/h1-9H,(H2,17,18)(H,19,20). The summed E-state index contributed by atoms with van der Waals surface area (Å²) in [7, 11) is 0. The van der Waals surface area contributed by atoms with Crippen LogP contribution < -0.4 is 11.3 Å². The molecule has 4 aromatic rings. The van der Waals surface area contributed by atoms with Crippen molar-refractivity contribution >= 4 is 16.9 Å². The van der Waals surface area contributed by atoms with Crippen LogP contribution >= 0.6 is 0 Å². The highest BCUT2D eigenvalue weighted by atomic mass is 16.1. The SMILES string of the molecule is Nc1ncc(-n2ccccc2=O)nc1-c1nc2ccccc2[nH]1. The van der Waals surface area contributed by atoms with Gasteiger partial charge in [0, 0.05) is 12.3 Å². The van der Waals surface area contributed by atoms with Gasteiger partial charge in [-0.15, -0.1) is 0 Å². The van der Waals surface area contributed by atoms with Gasteiger partial charge in [0.2, 0.25) is 0 Å². The summed E-state index contributed by atoms with van der Waals surface area (Å²) in [5.74, 6) is 1.15. The molecular formula is C16H12N6O. The average molecular weight is 304 g/mol. The van der Waals surface area contributed by atoms with Gasteiger partial charge in [-0.1, -0.05) is 18.2 Å². The van der Waals surface area contributed by atoms with Crippen molar-refractivity contribution in [2.75, 3.05) is 5.73 Å². The molecule has 0 amide bonds. The molecule has 7 heteroatoms. The fourth-order valence-corrected chi connectivity index (χ4v) is 2.36. The molecule has 0 spiro atoms. The maximum Gasteiger partial charge on any atom is 0.256 e. The lowest BCUT2D eigenvalue weighted by atomic mass is 10.3. The van der Waals surface area contributed by atoms with Crippen LogP contribution in [0.5, 0.6) is 0 Å². The lowest BCUT2D eigenvalue weighted by Gasteiger charge is -2.06. The number of rotatable bonds is 2. The minimum atomic E-state index is -0.192. The Morgan fingerprint density at radius 1 is 1.04 bits per heavy atom. The zero-order chi connectivity index (χ0) is 15.8. The third-order valence-electron chi connectivity index (χ3n) is 3.47. The van der Waals surface area contributed by atoms with E-state index in [9.17, 15) is 4.79 Å². The van der Waals surface area contributed by atoms with E-state index in [2.05, 4.69) is 19.9 Å². The maximum absolute atomic E-state index is 11.9. The second-order valence-electron chi connectivity index (χ2n) is 4.97. The molecule has 0 unspecified atom stereocenters. The van der Waals surface area contributed by atoms with E-state index in [-0.39, 0.29) is 11.4 Å². The lowest BCUT2D eigenvalue weighted by Crippen LogP contribution is -2.17. The largest absolute Gasteiger partial charge is 0.382 e. The molecule has 0 aliphatic rings. The number of imidazole rings is 1. The van der Waals surface area contributed by atoms with E-state index in [0.29, 0.717) is 17.3 Å². The Kier molecular flexibility index (Phi) is 2.90. The molecule has 3 heterocycles. The lowest BCUT2D eigenvalue weighted by molar-refractivity contribution is 0.927. The zero-order valence-corrected chi connectivity index (χ0v) is 12.0. The minimum Gasteiger partial charge on any atom is -0.382 e. The predicted molar refractivity (Wildman–Crippen MR) is 87.1 cm³/mol. The number of H-pyrrole nitrogens is 1. The summed E-state index contributed by atoms with van der Waals surface area (Å²) >= 11 is 0. The highest BCUT2D eigenvalue weighted by Crippen LogP contribution is 2.23. The van der Waals surface area contributed by atoms with Crippen molar-refractivity contribution in [3.63, 3.8) is 0 Å². The molecule has 1 aromatic carbocycles. The Labute approximate surface area is 130 Å². The smallest absolute Gasteiger partial charge is 0.256 e. The third-order valence-corrected chi connectivity index (χ3v) is 3.47. The number of aromatic amines is 1. The van der Waals surface area contributed by atoms with Gasteiger partial charge in [0.05, 0.1) is 17.2 Å². The number of nitrogen functional groups attached to an aromatic ring is 1. The van der Waals surface area contributed by atoms with Crippen molar-refractivity contribution in [1.82, 2.24) is 24.5 Å². The molecule has 4 rings (SSSR count). The number of para-hydroxylation sites is 2. The van der Waals surface area contributed by atoms with Crippen LogP contribution in [0.15, 0.2) is 59.7 Å². The van der Waals surface area contributed by atoms with Gasteiger partial charge in [0.15, 0.2) is 23.2 Å². The molecule has 112 valence electrons. The number of anilines is 1. The zero-order valence-electron chi connectivity index (χ0n) is 12.0. The highest BCUT2D eigenvalue weighted by Gasteiger charge is 2.13. The van der Waals surface area contributed by atoms with Crippen LogP contribution in [0.3, 0.4) is 0 Å². The monoisotopic (exact) mass is 304 g/mol. The number of nitrogens with two attached hydrogens (primary N) is 1. The fraction of sp³-hybridized carbons (Fsp3) is 0. The normalized spacial score (nSPS) is 11.0. The summed E-state index contributed by atoms with van der Waals surface area (Å²) in [5.41, 5.74) is 7.85. The van der Waals surface area contributed by atoms with Gasteiger partial charge in [0.1, 0.15) is 0 Å². The third kappa shape index (κ3) is 2.24. The van der Waals surface area contributed by atoms with Gasteiger partial charge in [-0.25, -0.2) is 15.0 Å². The topological polar surface area (TPSA) is 102 Å². The summed E-state index contributed by atoms with van der Waals surface area (Å²) in [5, 5.41) is 0. The average Bonchev–Trinajstić information content (AvgIpc) is 3.00. The quantitative estimate of drug-likeness (QED) is 0.587. The number of nitrogens with one attached hydrogen (secondary N) is 1. The first kappa shape index (κ1) is 13.2. The van der Waals surface area contributed by atoms with Gasteiger partial charge >= 0.3 is 0 Å². The van der Waals surface area contributed by atoms with Gasteiger partial charge in [-0.05, 0) is 18.2 Å². The van der Waals surface area contributed by atoms with Crippen LogP contribution in [-0.2, 0) is 0 Å². The molecule has 0 bridgehead atoms. The van der Waals surface area contributed by atoms with E-state index in [1.54, 1.807) is 18.3 Å². The van der Waals surface area contributed by atoms with Crippen LogP contribution in [0, 0.1) is 0 Å². The van der Waals surface area contributed by atoms with Gasteiger partial charge in [0.25, 0.3) is 5.56 Å². The summed E-state index contributed by atoms with van der Waals surface area (Å²) in [4.78, 5) is 28.2. The molecular weight excluding hydrogens is 292 g/mol. The van der Waals surface area contributed by atoms with Gasteiger partial charge in [-0.3, -0.25) is 9.36 Å². The molecule has 23 heavy (non-hydrogen) atoms. The van der Waals surface area contributed by atoms with E-state index in [1.807, 2.05) is 24.3 Å². The number of pyridine rings is 1. The van der Waals surface area contributed by atoms with Crippen LogP contribution in [0.2, 0.25) is 0 Å². The van der Waals surface area contributed by atoms with Crippen LogP contribution in [-0.4, -0.2) is 24.5 Å². The molecule has 3 aromatic heterocycles. The first-order valence-corrected chi connectivity index (χ1v) is 6.98. The van der Waals surface area contributed by atoms with Gasteiger partial charge < -0.3 is 10.7 Å². The molecule has 0 saturated heterocycles. The Morgan fingerprint density at radius 2 is 1.87 bits per heavy atom. The van der Waals surface area contributed by atoms with Crippen molar-refractivity contribution in [3.8, 4) is 17.3 Å². The van der Waals surface area contributed by atoms with Gasteiger partial charge in [-0.2, -0.15) is 0 Å². The van der Waals surface area contributed by atoms with Crippen molar-refractivity contribution in [2.45, 2.75) is 0 Å². The Hall–Kier alpha value is -3.48. The highest BCUT2D eigenvalue weighted by molar-refractivity contribution is 5.80. The fourth-order valence-electron chi connectivity index (χ4n) is 2.36. The first-order valence-electron chi connectivity index (χ1n) is 6.98. The molecule has 3 N–H and O–H groups in total. The van der Waals surface area contributed by atoms with Crippen molar-refractivity contribution < 1.29 is 0 Å². The van der Waals surface area contributed by atoms with Crippen molar-refractivity contribution in [3.05, 3.63) is 65.2 Å². The Balaban J connectivity index is 1.90. The summed E-state index contributed by atoms with van der Waals surface area (Å²) < 4.78 is 1.40. The van der Waals surface area contributed by atoms with E-state index in [0.717, 1.165) is 11.0 Å². The number of hydrogen-bond donors (Lipinski definition) is 2. The predicted octanol–water partition coefficient (Wildman–Crippen LogP) is 1.75. The summed E-state index contributed by atoms with van der Waals surface area (Å²) in [6.45, 7) is 0. The second-order valence-corrected chi connectivity index (χ2v) is 4.97. The van der Waals surface area contributed by atoms with Crippen LogP contribution in [0.4, 0.5) is 5.82 Å². The summed E-state index contributed by atoms with van der Waals surface area (Å²) in [6.07, 6.45) is 3.09. The number of nitrogens with zero attached hydrogens (tertiary/aromatic N) is 4. The number of fused-ring (bicyclic) bond motifs is 1. The van der Waals surface area contributed by atoms with Crippen molar-refractivity contribution in [1.29, 1.82) is 0 Å². The minimum absolute atomic E-state index is 0.192. The molecule has 7 nitrogen and oxygen atoms in total. The Morgan fingerprint density at radius 3 is 2.70 bits per heavy atom. The summed E-state index contributed by atoms with van der Waals surface area (Å²) in [6, 6.07) is 12.5. The second kappa shape index (κ2) is 5.06. The number of hydrogen-bond acceptors (Lipinski definition) is 5. The van der Waals surface area contributed by atoms with Crippen LogP contribution in [0.1, 0.15) is 0 Å². The molecule has 0 radical (unpaired) electrons. The first-order chi connectivity index (χ1) is 11.2. The molecule has 0 fully saturated rings. The van der Waals surface area contributed by atoms with Crippen molar-refractivity contribution in [2.24, 2.45) is 0 Å². The van der Waals surface area contributed by atoms with E-state index >= 15 is 0 Å². The number of benzene rings is 1. The van der Waals surface area contributed by atoms with Crippen LogP contribution in [0.25, 0.3) is 28.4 Å². The van der Waals surface area contributed by atoms with E-state index in [4.69, 9.17) is 5.73 Å². The van der Waals surface area contributed by atoms with E-state index in [1.165, 1.54) is 16.8 Å². The number of aromatic nitrogens is 5. The van der Waals surface area contributed by atoms with E-state index < -0.39 is 0 Å². The maximum atomic E-state index is 11.9. The molecule has 0 atom stereocenters. The Bertz CT molecular complexity index is 1030. The molecule has 0 saturated carbocycles. The molecule has 0 aliphatic carbocycles. The molecule has 0 aliphatic heterocycles.